The van der Waals surface area contributed by atoms with Crippen molar-refractivity contribution in [3.63, 3.8) is 0 Å². The molecule has 0 aliphatic rings. The van der Waals surface area contributed by atoms with E-state index in [1.54, 1.807) is 23.0 Å². The highest BCUT2D eigenvalue weighted by Crippen LogP contribution is 2.24. The molecular formula is C15H15ClN2O4. The van der Waals surface area contributed by atoms with E-state index in [4.69, 9.17) is 21.1 Å². The zero-order valence-electron chi connectivity index (χ0n) is 12.4. The Kier molecular flexibility index (Phi) is 5.06. The number of hydrogen-bond acceptors (Lipinski definition) is 5. The molecule has 7 heteroatoms. The summed E-state index contributed by atoms with van der Waals surface area (Å²) in [5, 5.41) is 4.50. The Labute approximate surface area is 132 Å². The minimum absolute atomic E-state index is 0.0521. The van der Waals surface area contributed by atoms with E-state index in [2.05, 4.69) is 9.84 Å². The van der Waals surface area contributed by atoms with Crippen molar-refractivity contribution >= 4 is 17.6 Å². The molecule has 0 radical (unpaired) electrons. The fraction of sp³-hybridized carbons (Fsp3) is 0.200. The quantitative estimate of drug-likeness (QED) is 0.481. The van der Waals surface area contributed by atoms with Crippen molar-refractivity contribution in [1.82, 2.24) is 9.78 Å². The van der Waals surface area contributed by atoms with E-state index in [-0.39, 0.29) is 5.76 Å². The van der Waals surface area contributed by atoms with Crippen LogP contribution in [0.4, 0.5) is 0 Å². The van der Waals surface area contributed by atoms with Crippen LogP contribution in [0.15, 0.2) is 42.5 Å². The van der Waals surface area contributed by atoms with Crippen molar-refractivity contribution in [2.45, 2.75) is 6.92 Å². The second-order valence-corrected chi connectivity index (χ2v) is 4.73. The first kappa shape index (κ1) is 15.9. The molecule has 6 nitrogen and oxygen atoms in total. The van der Waals surface area contributed by atoms with Crippen molar-refractivity contribution in [1.29, 1.82) is 0 Å². The van der Waals surface area contributed by atoms with Crippen LogP contribution < -0.4 is 4.74 Å². The van der Waals surface area contributed by atoms with Crippen molar-refractivity contribution in [3.05, 3.63) is 53.2 Å². The van der Waals surface area contributed by atoms with Gasteiger partial charge in [0.2, 0.25) is 5.76 Å². The average molecular weight is 323 g/mol. The Morgan fingerprint density at radius 1 is 1.32 bits per heavy atom. The molecule has 0 unspecified atom stereocenters. The van der Waals surface area contributed by atoms with Gasteiger partial charge in [-0.3, -0.25) is 0 Å². The van der Waals surface area contributed by atoms with E-state index in [0.29, 0.717) is 10.9 Å². The predicted molar refractivity (Wildman–Crippen MR) is 81.0 cm³/mol. The highest BCUT2D eigenvalue weighted by Gasteiger charge is 2.15. The third kappa shape index (κ3) is 3.59. The highest BCUT2D eigenvalue weighted by molar-refractivity contribution is 6.29. The molecule has 0 atom stereocenters. The maximum Gasteiger partial charge on any atom is 0.377 e. The standard InChI is InChI=1S/C15H15ClN2O4/c1-10-4-5-11(18-7-6-14(16)17-18)8-12(10)22-13(9-20-2)15(19)21-3/h4-9H,1-3H3/b13-9-. The van der Waals surface area contributed by atoms with Crippen molar-refractivity contribution < 1.29 is 19.0 Å². The van der Waals surface area contributed by atoms with E-state index in [1.807, 2.05) is 19.1 Å². The number of carbonyl (C=O) groups is 1. The molecule has 1 heterocycles. The summed E-state index contributed by atoms with van der Waals surface area (Å²) in [5.74, 6) is -0.199. The van der Waals surface area contributed by atoms with Gasteiger partial charge in [-0.25, -0.2) is 9.48 Å². The number of carbonyl (C=O) groups excluding carboxylic acids is 1. The maximum absolute atomic E-state index is 11.6. The Morgan fingerprint density at radius 2 is 2.09 bits per heavy atom. The minimum atomic E-state index is -0.631. The van der Waals surface area contributed by atoms with Gasteiger partial charge in [-0.1, -0.05) is 17.7 Å². The fourth-order valence-electron chi connectivity index (χ4n) is 1.73. The van der Waals surface area contributed by atoms with Gasteiger partial charge < -0.3 is 14.2 Å². The molecule has 22 heavy (non-hydrogen) atoms. The minimum Gasteiger partial charge on any atom is -0.500 e. The molecule has 2 aromatic rings. The van der Waals surface area contributed by atoms with Crippen LogP contribution in [-0.2, 0) is 14.3 Å². The zero-order valence-corrected chi connectivity index (χ0v) is 13.1. The Bertz CT molecular complexity index is 709. The summed E-state index contributed by atoms with van der Waals surface area (Å²) < 4.78 is 16.7. The summed E-state index contributed by atoms with van der Waals surface area (Å²) in [7, 11) is 2.69. The van der Waals surface area contributed by atoms with Gasteiger partial charge in [0.15, 0.2) is 5.15 Å². The lowest BCUT2D eigenvalue weighted by Crippen LogP contribution is -2.12. The number of aromatic nitrogens is 2. The van der Waals surface area contributed by atoms with Gasteiger partial charge in [0, 0.05) is 12.3 Å². The first-order chi connectivity index (χ1) is 10.5. The maximum atomic E-state index is 11.6. The van der Waals surface area contributed by atoms with Crippen LogP contribution >= 0.6 is 11.6 Å². The molecule has 0 amide bonds. The van der Waals surface area contributed by atoms with E-state index in [1.165, 1.54) is 20.5 Å². The topological polar surface area (TPSA) is 62.6 Å². The monoisotopic (exact) mass is 322 g/mol. The lowest BCUT2D eigenvalue weighted by atomic mass is 10.2. The molecule has 0 aliphatic carbocycles. The molecular weight excluding hydrogens is 308 g/mol. The highest BCUT2D eigenvalue weighted by atomic mass is 35.5. The third-order valence-electron chi connectivity index (χ3n) is 2.82. The van der Waals surface area contributed by atoms with Gasteiger partial charge in [-0.15, -0.1) is 0 Å². The average Bonchev–Trinajstić information content (AvgIpc) is 2.94. The number of methoxy groups -OCH3 is 2. The molecule has 1 aromatic carbocycles. The zero-order chi connectivity index (χ0) is 16.1. The van der Waals surface area contributed by atoms with Crippen LogP contribution in [0, 0.1) is 6.92 Å². The molecule has 0 fully saturated rings. The molecule has 116 valence electrons. The molecule has 2 rings (SSSR count). The third-order valence-corrected chi connectivity index (χ3v) is 3.03. The van der Waals surface area contributed by atoms with Crippen LogP contribution in [-0.4, -0.2) is 30.0 Å². The van der Waals surface area contributed by atoms with Crippen LogP contribution in [0.5, 0.6) is 5.75 Å². The largest absolute Gasteiger partial charge is 0.500 e. The molecule has 0 saturated carbocycles. The summed E-state index contributed by atoms with van der Waals surface area (Å²) in [5.41, 5.74) is 1.59. The molecule has 0 bridgehead atoms. The molecule has 0 N–H and O–H groups in total. The Hall–Kier alpha value is -2.47. The normalized spacial score (nSPS) is 11.2. The summed E-state index contributed by atoms with van der Waals surface area (Å²) in [6, 6.07) is 7.13. The molecule has 0 aliphatic heterocycles. The number of rotatable bonds is 5. The van der Waals surface area contributed by atoms with Crippen molar-refractivity contribution in [2.75, 3.05) is 14.2 Å². The number of benzene rings is 1. The lowest BCUT2D eigenvalue weighted by molar-refractivity contribution is -0.138. The molecule has 0 spiro atoms. The van der Waals surface area contributed by atoms with Crippen molar-refractivity contribution in [2.24, 2.45) is 0 Å². The van der Waals surface area contributed by atoms with Gasteiger partial charge in [-0.2, -0.15) is 5.10 Å². The smallest absolute Gasteiger partial charge is 0.377 e. The number of halogens is 1. The lowest BCUT2D eigenvalue weighted by Gasteiger charge is -2.12. The van der Waals surface area contributed by atoms with Crippen LogP contribution in [0.1, 0.15) is 5.56 Å². The second kappa shape index (κ2) is 7.00. The number of nitrogens with zero attached hydrogens (tertiary/aromatic N) is 2. The van der Waals surface area contributed by atoms with E-state index in [0.717, 1.165) is 11.3 Å². The predicted octanol–water partition coefficient (Wildman–Crippen LogP) is 2.87. The van der Waals surface area contributed by atoms with Crippen LogP contribution in [0.25, 0.3) is 5.69 Å². The Morgan fingerprint density at radius 3 is 2.68 bits per heavy atom. The summed E-state index contributed by atoms with van der Waals surface area (Å²) in [4.78, 5) is 11.6. The Balaban J connectivity index is 2.34. The van der Waals surface area contributed by atoms with Crippen LogP contribution in [0.2, 0.25) is 5.15 Å². The summed E-state index contributed by atoms with van der Waals surface area (Å²) in [6.45, 7) is 1.86. The van der Waals surface area contributed by atoms with E-state index in [9.17, 15) is 4.79 Å². The molecule has 0 saturated heterocycles. The first-order valence-corrected chi connectivity index (χ1v) is 6.74. The summed E-state index contributed by atoms with van der Waals surface area (Å²) >= 11 is 5.82. The van der Waals surface area contributed by atoms with Gasteiger partial charge in [0.25, 0.3) is 0 Å². The SMILES string of the molecule is CO/C=C(\Oc1cc(-n2ccc(Cl)n2)ccc1C)C(=O)OC. The van der Waals surface area contributed by atoms with Gasteiger partial charge in [-0.05, 0) is 24.6 Å². The number of aryl methyl sites for hydroxylation is 1. The number of esters is 1. The van der Waals surface area contributed by atoms with E-state index >= 15 is 0 Å². The van der Waals surface area contributed by atoms with Crippen molar-refractivity contribution in [3.8, 4) is 11.4 Å². The second-order valence-electron chi connectivity index (χ2n) is 4.34. The summed E-state index contributed by atoms with van der Waals surface area (Å²) in [6.07, 6.45) is 2.91. The number of ether oxygens (including phenoxy) is 3. The molecule has 1 aromatic heterocycles. The van der Waals surface area contributed by atoms with Gasteiger partial charge >= 0.3 is 5.97 Å². The van der Waals surface area contributed by atoms with E-state index < -0.39 is 5.97 Å². The number of hydrogen-bond donors (Lipinski definition) is 0. The first-order valence-electron chi connectivity index (χ1n) is 6.36. The fourth-order valence-corrected chi connectivity index (χ4v) is 1.86. The van der Waals surface area contributed by atoms with Gasteiger partial charge in [0.1, 0.15) is 12.0 Å². The van der Waals surface area contributed by atoms with Gasteiger partial charge in [0.05, 0.1) is 19.9 Å². The van der Waals surface area contributed by atoms with Crippen LogP contribution in [0.3, 0.4) is 0 Å².